The van der Waals surface area contributed by atoms with Crippen LogP contribution in [0.1, 0.15) is 17.3 Å². The van der Waals surface area contributed by atoms with E-state index in [1.165, 1.54) is 0 Å². The Morgan fingerprint density at radius 1 is 1.42 bits per heavy atom. The van der Waals surface area contributed by atoms with Crippen molar-refractivity contribution >= 4 is 15.9 Å². The van der Waals surface area contributed by atoms with Gasteiger partial charge in [-0.15, -0.1) is 0 Å². The highest BCUT2D eigenvalue weighted by molar-refractivity contribution is 9.10. The Balaban J connectivity index is 1.97. The maximum Gasteiger partial charge on any atom is 0.240 e. The van der Waals surface area contributed by atoms with Gasteiger partial charge in [-0.25, -0.2) is 0 Å². The third-order valence-electron chi connectivity index (χ3n) is 2.65. The summed E-state index contributed by atoms with van der Waals surface area (Å²) >= 11 is 3.44. The fourth-order valence-electron chi connectivity index (χ4n) is 1.74. The fourth-order valence-corrected chi connectivity index (χ4v) is 2.18. The van der Waals surface area contributed by atoms with E-state index in [-0.39, 0.29) is 6.61 Å². The van der Waals surface area contributed by atoms with Crippen LogP contribution < -0.4 is 0 Å². The summed E-state index contributed by atoms with van der Waals surface area (Å²) in [5.74, 6) is 1.24. The van der Waals surface area contributed by atoms with Crippen LogP contribution >= 0.6 is 15.9 Å². The van der Waals surface area contributed by atoms with Gasteiger partial charge in [0.05, 0.1) is 13.2 Å². The fraction of sp³-hybridized carbons (Fsp3) is 0.385. The second-order valence-electron chi connectivity index (χ2n) is 4.37. The summed E-state index contributed by atoms with van der Waals surface area (Å²) < 4.78 is 6.23. The third-order valence-corrected chi connectivity index (χ3v) is 3.14. The highest BCUT2D eigenvalue weighted by atomic mass is 79.9. The van der Waals surface area contributed by atoms with Crippen LogP contribution in [-0.4, -0.2) is 40.3 Å². The molecule has 0 bridgehead atoms. The number of hydrogen-bond donors (Lipinski definition) is 1. The van der Waals surface area contributed by atoms with E-state index >= 15 is 0 Å². The number of benzene rings is 1. The summed E-state index contributed by atoms with van der Waals surface area (Å²) in [6.07, 6.45) is 0.645. The number of rotatable bonds is 6. The molecule has 0 aliphatic carbocycles. The summed E-state index contributed by atoms with van der Waals surface area (Å²) in [4.78, 5) is 6.27. The quantitative estimate of drug-likeness (QED) is 0.878. The van der Waals surface area contributed by atoms with E-state index in [9.17, 15) is 0 Å². The van der Waals surface area contributed by atoms with Crippen molar-refractivity contribution in [1.29, 1.82) is 0 Å². The molecule has 0 spiro atoms. The number of halogens is 1. The lowest BCUT2D eigenvalue weighted by atomic mass is 10.1. The van der Waals surface area contributed by atoms with E-state index in [1.807, 2.05) is 36.2 Å². The number of hydrogen-bond acceptors (Lipinski definition) is 5. The van der Waals surface area contributed by atoms with Gasteiger partial charge in [-0.1, -0.05) is 33.2 Å². The van der Waals surface area contributed by atoms with E-state index < -0.39 is 0 Å². The van der Waals surface area contributed by atoms with Crippen LogP contribution in [0.2, 0.25) is 0 Å². The van der Waals surface area contributed by atoms with Crippen LogP contribution in [0.5, 0.6) is 0 Å². The molecule has 5 nitrogen and oxygen atoms in total. The Morgan fingerprint density at radius 2 is 2.26 bits per heavy atom. The summed E-state index contributed by atoms with van der Waals surface area (Å²) in [7, 11) is 1.90. The first-order chi connectivity index (χ1) is 9.17. The van der Waals surface area contributed by atoms with E-state index in [1.54, 1.807) is 0 Å². The lowest BCUT2D eigenvalue weighted by Gasteiger charge is -2.10. The largest absolute Gasteiger partial charge is 0.395 e. The molecule has 0 saturated carbocycles. The van der Waals surface area contributed by atoms with E-state index in [4.69, 9.17) is 9.63 Å². The number of likely N-dealkylation sites (N-methyl/N-ethyl adjacent to an activating group) is 1. The minimum Gasteiger partial charge on any atom is -0.395 e. The standard InChI is InChI=1S/C13H16BrN3O2/c1-17(5-6-18)9-13-15-12(16-19-13)8-10-3-2-4-11(14)7-10/h2-4,7,18H,5-6,8-9H2,1H3. The smallest absolute Gasteiger partial charge is 0.240 e. The molecule has 1 aromatic carbocycles. The lowest BCUT2D eigenvalue weighted by Crippen LogP contribution is -2.21. The maximum atomic E-state index is 8.83. The number of aliphatic hydroxyl groups excluding tert-OH is 1. The highest BCUT2D eigenvalue weighted by Crippen LogP contribution is 2.14. The van der Waals surface area contributed by atoms with Gasteiger partial charge in [0.25, 0.3) is 0 Å². The lowest BCUT2D eigenvalue weighted by molar-refractivity contribution is 0.200. The highest BCUT2D eigenvalue weighted by Gasteiger charge is 2.09. The second kappa shape index (κ2) is 6.79. The molecule has 0 aliphatic rings. The number of nitrogens with zero attached hydrogens (tertiary/aromatic N) is 3. The molecule has 2 aromatic rings. The Kier molecular flexibility index (Phi) is 5.07. The minimum atomic E-state index is 0.121. The Labute approximate surface area is 120 Å². The first kappa shape index (κ1) is 14.2. The van der Waals surface area contributed by atoms with Gasteiger partial charge in [0, 0.05) is 17.4 Å². The van der Waals surface area contributed by atoms with Gasteiger partial charge in [-0.2, -0.15) is 4.98 Å². The van der Waals surface area contributed by atoms with Crippen molar-refractivity contribution in [2.75, 3.05) is 20.2 Å². The first-order valence-electron chi connectivity index (χ1n) is 6.02. The predicted molar refractivity (Wildman–Crippen MR) is 74.7 cm³/mol. The van der Waals surface area contributed by atoms with Gasteiger partial charge >= 0.3 is 0 Å². The zero-order chi connectivity index (χ0) is 13.7. The molecule has 0 aliphatic heterocycles. The van der Waals surface area contributed by atoms with Crippen LogP contribution in [-0.2, 0) is 13.0 Å². The van der Waals surface area contributed by atoms with Crippen molar-refractivity contribution in [3.05, 3.63) is 46.0 Å². The van der Waals surface area contributed by atoms with Gasteiger partial charge in [0.15, 0.2) is 5.82 Å². The van der Waals surface area contributed by atoms with E-state index in [2.05, 4.69) is 26.1 Å². The number of aliphatic hydroxyl groups is 1. The summed E-state index contributed by atoms with van der Waals surface area (Å²) in [6, 6.07) is 8.02. The molecule has 0 saturated heterocycles. The molecule has 0 radical (unpaired) electrons. The van der Waals surface area contributed by atoms with Gasteiger partial charge in [0.1, 0.15) is 0 Å². The summed E-state index contributed by atoms with van der Waals surface area (Å²) in [6.45, 7) is 1.25. The van der Waals surface area contributed by atoms with Gasteiger partial charge in [-0.3, -0.25) is 4.90 Å². The van der Waals surface area contributed by atoms with Crippen molar-refractivity contribution in [3.63, 3.8) is 0 Å². The zero-order valence-electron chi connectivity index (χ0n) is 10.7. The van der Waals surface area contributed by atoms with E-state index in [0.29, 0.717) is 31.2 Å². The van der Waals surface area contributed by atoms with Crippen LogP contribution in [0.15, 0.2) is 33.3 Å². The van der Waals surface area contributed by atoms with Gasteiger partial charge in [0.2, 0.25) is 5.89 Å². The van der Waals surface area contributed by atoms with E-state index in [0.717, 1.165) is 10.0 Å². The molecule has 0 atom stereocenters. The molecule has 1 aromatic heterocycles. The number of aromatic nitrogens is 2. The molecule has 0 unspecified atom stereocenters. The van der Waals surface area contributed by atoms with Crippen molar-refractivity contribution in [2.45, 2.75) is 13.0 Å². The topological polar surface area (TPSA) is 62.4 Å². The summed E-state index contributed by atoms with van der Waals surface area (Å²) in [5.41, 5.74) is 1.13. The maximum absolute atomic E-state index is 8.83. The Bertz CT molecular complexity index is 530. The van der Waals surface area contributed by atoms with Crippen molar-refractivity contribution < 1.29 is 9.63 Å². The van der Waals surface area contributed by atoms with Gasteiger partial charge in [-0.05, 0) is 24.7 Å². The molecule has 6 heteroatoms. The van der Waals surface area contributed by atoms with Crippen molar-refractivity contribution in [2.24, 2.45) is 0 Å². The Morgan fingerprint density at radius 3 is 3.00 bits per heavy atom. The van der Waals surface area contributed by atoms with Crippen LogP contribution in [0.25, 0.3) is 0 Å². The molecular formula is C13H16BrN3O2. The second-order valence-corrected chi connectivity index (χ2v) is 5.29. The molecular weight excluding hydrogens is 310 g/mol. The third kappa shape index (κ3) is 4.41. The average molecular weight is 326 g/mol. The molecule has 102 valence electrons. The molecule has 1 heterocycles. The Hall–Kier alpha value is -1.24. The van der Waals surface area contributed by atoms with Crippen LogP contribution in [0.3, 0.4) is 0 Å². The normalized spacial score (nSPS) is 11.2. The minimum absolute atomic E-state index is 0.121. The first-order valence-corrected chi connectivity index (χ1v) is 6.82. The zero-order valence-corrected chi connectivity index (χ0v) is 12.3. The van der Waals surface area contributed by atoms with Crippen LogP contribution in [0.4, 0.5) is 0 Å². The van der Waals surface area contributed by atoms with Crippen molar-refractivity contribution in [3.8, 4) is 0 Å². The molecule has 2 rings (SSSR count). The molecule has 0 amide bonds. The van der Waals surface area contributed by atoms with Crippen LogP contribution in [0, 0.1) is 0 Å². The van der Waals surface area contributed by atoms with Crippen molar-refractivity contribution in [1.82, 2.24) is 15.0 Å². The SMILES string of the molecule is CN(CCO)Cc1nc(Cc2cccc(Br)c2)no1. The average Bonchev–Trinajstić information content (AvgIpc) is 2.76. The molecule has 0 fully saturated rings. The molecule has 1 N–H and O–H groups in total. The molecule has 19 heavy (non-hydrogen) atoms. The summed E-state index contributed by atoms with van der Waals surface area (Å²) in [5, 5.41) is 12.8. The predicted octanol–water partition coefficient (Wildman–Crippen LogP) is 1.85. The van der Waals surface area contributed by atoms with Gasteiger partial charge < -0.3 is 9.63 Å². The monoisotopic (exact) mass is 325 g/mol.